The van der Waals surface area contributed by atoms with Crippen LogP contribution >= 0.6 is 0 Å². The monoisotopic (exact) mass is 279 g/mol. The standard InChI is InChI=1S/C16H22FNO2/c1-18(9-6-13-7-10-20-11-8-13)16(19)12-14-2-4-15(17)5-3-14/h2-5,13H,6-12H2,1H3. The van der Waals surface area contributed by atoms with Crippen molar-refractivity contribution < 1.29 is 13.9 Å². The first-order valence-electron chi connectivity index (χ1n) is 7.21. The van der Waals surface area contributed by atoms with Crippen LogP contribution in [0.5, 0.6) is 0 Å². The number of likely N-dealkylation sites (N-methyl/N-ethyl adjacent to an activating group) is 1. The number of ether oxygens (including phenoxy) is 1. The van der Waals surface area contributed by atoms with Gasteiger partial charge in [0.25, 0.3) is 0 Å². The Morgan fingerprint density at radius 3 is 2.60 bits per heavy atom. The number of halogens is 1. The van der Waals surface area contributed by atoms with Gasteiger partial charge in [0.1, 0.15) is 5.82 Å². The number of amides is 1. The third-order valence-electron chi connectivity index (χ3n) is 3.91. The number of nitrogens with zero attached hydrogens (tertiary/aromatic N) is 1. The van der Waals surface area contributed by atoms with E-state index in [-0.39, 0.29) is 11.7 Å². The summed E-state index contributed by atoms with van der Waals surface area (Å²) in [6.07, 6.45) is 3.57. The van der Waals surface area contributed by atoms with Gasteiger partial charge in [-0.1, -0.05) is 12.1 Å². The van der Waals surface area contributed by atoms with E-state index in [1.54, 1.807) is 17.0 Å². The van der Waals surface area contributed by atoms with Gasteiger partial charge >= 0.3 is 0 Å². The fourth-order valence-corrected chi connectivity index (χ4v) is 2.45. The summed E-state index contributed by atoms with van der Waals surface area (Å²) in [4.78, 5) is 13.9. The van der Waals surface area contributed by atoms with Crippen molar-refractivity contribution in [2.24, 2.45) is 5.92 Å². The first-order valence-corrected chi connectivity index (χ1v) is 7.21. The highest BCUT2D eigenvalue weighted by Crippen LogP contribution is 2.18. The van der Waals surface area contributed by atoms with Crippen molar-refractivity contribution in [3.63, 3.8) is 0 Å². The maximum Gasteiger partial charge on any atom is 0.226 e. The predicted octanol–water partition coefficient (Wildman–Crippen LogP) is 2.64. The molecule has 0 radical (unpaired) electrons. The van der Waals surface area contributed by atoms with Crippen molar-refractivity contribution >= 4 is 5.91 Å². The lowest BCUT2D eigenvalue weighted by atomic mass is 9.96. The zero-order valence-electron chi connectivity index (χ0n) is 12.0. The maximum absolute atomic E-state index is 12.8. The third kappa shape index (κ3) is 4.60. The van der Waals surface area contributed by atoms with Crippen molar-refractivity contribution in [2.45, 2.75) is 25.7 Å². The van der Waals surface area contributed by atoms with Gasteiger partial charge in [0, 0.05) is 26.8 Å². The maximum atomic E-state index is 12.8. The van der Waals surface area contributed by atoms with Crippen LogP contribution in [0.1, 0.15) is 24.8 Å². The number of hydrogen-bond acceptors (Lipinski definition) is 2. The van der Waals surface area contributed by atoms with Gasteiger partial charge < -0.3 is 9.64 Å². The van der Waals surface area contributed by atoms with E-state index in [1.807, 2.05) is 7.05 Å². The van der Waals surface area contributed by atoms with Crippen LogP contribution < -0.4 is 0 Å². The van der Waals surface area contributed by atoms with Crippen molar-refractivity contribution in [1.82, 2.24) is 4.90 Å². The molecule has 0 aliphatic carbocycles. The summed E-state index contributed by atoms with van der Waals surface area (Å²) in [5.74, 6) is 0.488. The molecule has 1 aromatic rings. The van der Waals surface area contributed by atoms with Crippen LogP contribution in [0.15, 0.2) is 24.3 Å². The number of carbonyl (C=O) groups excluding carboxylic acids is 1. The highest BCUT2D eigenvalue weighted by atomic mass is 19.1. The Morgan fingerprint density at radius 1 is 1.30 bits per heavy atom. The van der Waals surface area contributed by atoms with Crippen LogP contribution in [0.25, 0.3) is 0 Å². The first-order chi connectivity index (χ1) is 9.65. The molecule has 0 unspecified atom stereocenters. The molecule has 1 heterocycles. The molecule has 20 heavy (non-hydrogen) atoms. The molecule has 2 rings (SSSR count). The Balaban J connectivity index is 1.75. The third-order valence-corrected chi connectivity index (χ3v) is 3.91. The van der Waals surface area contributed by atoms with E-state index in [1.165, 1.54) is 12.1 Å². The topological polar surface area (TPSA) is 29.5 Å². The van der Waals surface area contributed by atoms with Gasteiger partial charge in [-0.05, 0) is 42.9 Å². The number of benzene rings is 1. The Hall–Kier alpha value is -1.42. The zero-order valence-corrected chi connectivity index (χ0v) is 12.0. The Kier molecular flexibility index (Phi) is 5.53. The quantitative estimate of drug-likeness (QED) is 0.829. The molecule has 1 aliphatic heterocycles. The minimum atomic E-state index is -0.269. The normalized spacial score (nSPS) is 16.1. The summed E-state index contributed by atoms with van der Waals surface area (Å²) in [6.45, 7) is 2.47. The molecular formula is C16H22FNO2. The smallest absolute Gasteiger partial charge is 0.226 e. The van der Waals surface area contributed by atoms with Crippen LogP contribution in [-0.4, -0.2) is 37.6 Å². The van der Waals surface area contributed by atoms with Gasteiger partial charge in [-0.2, -0.15) is 0 Å². The van der Waals surface area contributed by atoms with Crippen LogP contribution in [-0.2, 0) is 16.0 Å². The van der Waals surface area contributed by atoms with E-state index in [9.17, 15) is 9.18 Å². The highest BCUT2D eigenvalue weighted by Gasteiger charge is 2.16. The van der Waals surface area contributed by atoms with Gasteiger partial charge in [-0.25, -0.2) is 4.39 Å². The predicted molar refractivity (Wildman–Crippen MR) is 75.9 cm³/mol. The molecule has 0 N–H and O–H groups in total. The number of rotatable bonds is 5. The van der Waals surface area contributed by atoms with Gasteiger partial charge in [-0.3, -0.25) is 4.79 Å². The molecule has 1 amide bonds. The second-order valence-corrected chi connectivity index (χ2v) is 5.46. The Labute approximate surface area is 119 Å². The van der Waals surface area contributed by atoms with Crippen LogP contribution in [0, 0.1) is 11.7 Å². The Bertz CT molecular complexity index is 427. The molecule has 1 aromatic carbocycles. The van der Waals surface area contributed by atoms with Crippen molar-refractivity contribution in [3.8, 4) is 0 Å². The first kappa shape index (κ1) is 15.0. The number of hydrogen-bond donors (Lipinski definition) is 0. The summed E-state index contributed by atoms with van der Waals surface area (Å²) in [5.41, 5.74) is 0.856. The fraction of sp³-hybridized carbons (Fsp3) is 0.562. The zero-order chi connectivity index (χ0) is 14.4. The van der Waals surface area contributed by atoms with Crippen molar-refractivity contribution in [1.29, 1.82) is 0 Å². The SMILES string of the molecule is CN(CCC1CCOCC1)C(=O)Cc1ccc(F)cc1. The second-order valence-electron chi connectivity index (χ2n) is 5.46. The lowest BCUT2D eigenvalue weighted by Crippen LogP contribution is -2.31. The summed E-state index contributed by atoms with van der Waals surface area (Å²) in [5, 5.41) is 0. The minimum Gasteiger partial charge on any atom is -0.381 e. The van der Waals surface area contributed by atoms with E-state index >= 15 is 0 Å². The van der Waals surface area contributed by atoms with Gasteiger partial charge in [-0.15, -0.1) is 0 Å². The van der Waals surface area contributed by atoms with Gasteiger partial charge in [0.15, 0.2) is 0 Å². The average molecular weight is 279 g/mol. The van der Waals surface area contributed by atoms with Gasteiger partial charge in [0.2, 0.25) is 5.91 Å². The average Bonchev–Trinajstić information content (AvgIpc) is 2.48. The molecule has 110 valence electrons. The molecule has 0 atom stereocenters. The van der Waals surface area contributed by atoms with Crippen LogP contribution in [0.4, 0.5) is 4.39 Å². The molecule has 1 aliphatic rings. The molecule has 0 bridgehead atoms. The fourth-order valence-electron chi connectivity index (χ4n) is 2.45. The molecule has 0 saturated carbocycles. The molecule has 1 saturated heterocycles. The molecular weight excluding hydrogens is 257 g/mol. The highest BCUT2D eigenvalue weighted by molar-refractivity contribution is 5.78. The molecule has 0 aromatic heterocycles. The summed E-state index contributed by atoms with van der Waals surface area (Å²) >= 11 is 0. The summed E-state index contributed by atoms with van der Waals surface area (Å²) < 4.78 is 18.1. The van der Waals surface area contributed by atoms with Crippen LogP contribution in [0.3, 0.4) is 0 Å². The van der Waals surface area contributed by atoms with Crippen molar-refractivity contribution in [3.05, 3.63) is 35.6 Å². The molecule has 3 nitrogen and oxygen atoms in total. The lowest BCUT2D eigenvalue weighted by Gasteiger charge is -2.25. The van der Waals surface area contributed by atoms with Crippen LogP contribution in [0.2, 0.25) is 0 Å². The largest absolute Gasteiger partial charge is 0.381 e. The van der Waals surface area contributed by atoms with E-state index in [0.29, 0.717) is 12.3 Å². The lowest BCUT2D eigenvalue weighted by molar-refractivity contribution is -0.129. The number of carbonyl (C=O) groups is 1. The second kappa shape index (κ2) is 7.39. The van der Waals surface area contributed by atoms with E-state index < -0.39 is 0 Å². The van der Waals surface area contributed by atoms with Gasteiger partial charge in [0.05, 0.1) is 6.42 Å². The molecule has 0 spiro atoms. The molecule has 1 fully saturated rings. The summed E-state index contributed by atoms with van der Waals surface area (Å²) in [7, 11) is 1.84. The summed E-state index contributed by atoms with van der Waals surface area (Å²) in [6, 6.07) is 6.12. The minimum absolute atomic E-state index is 0.0867. The Morgan fingerprint density at radius 2 is 1.95 bits per heavy atom. The molecule has 4 heteroatoms. The van der Waals surface area contributed by atoms with E-state index in [0.717, 1.165) is 44.6 Å². The van der Waals surface area contributed by atoms with Crippen molar-refractivity contribution in [2.75, 3.05) is 26.8 Å². The van der Waals surface area contributed by atoms with E-state index in [2.05, 4.69) is 0 Å². The van der Waals surface area contributed by atoms with E-state index in [4.69, 9.17) is 4.74 Å².